The van der Waals surface area contributed by atoms with Gasteiger partial charge < -0.3 is 5.32 Å². The van der Waals surface area contributed by atoms with Crippen LogP contribution in [0.2, 0.25) is 0 Å². The number of anilines is 2. The van der Waals surface area contributed by atoms with E-state index >= 15 is 0 Å². The van der Waals surface area contributed by atoms with Crippen LogP contribution in [-0.2, 0) is 4.79 Å². The molecular formula is C15H10BrN3O2. The lowest BCUT2D eigenvalue weighted by Crippen LogP contribution is -2.34. The summed E-state index contributed by atoms with van der Waals surface area (Å²) in [5.41, 5.74) is 1.01. The number of halogens is 1. The van der Waals surface area contributed by atoms with Gasteiger partial charge in [-0.15, -0.1) is 0 Å². The highest BCUT2D eigenvalue weighted by Gasteiger charge is 2.18. The number of nitriles is 1. The highest BCUT2D eigenvalue weighted by molar-refractivity contribution is 9.10. The van der Waals surface area contributed by atoms with Gasteiger partial charge in [0.25, 0.3) is 0 Å². The van der Waals surface area contributed by atoms with E-state index in [0.717, 1.165) is 4.90 Å². The van der Waals surface area contributed by atoms with Gasteiger partial charge in [-0.2, -0.15) is 5.26 Å². The summed E-state index contributed by atoms with van der Waals surface area (Å²) in [6.07, 6.45) is 0.377. The van der Waals surface area contributed by atoms with Crippen molar-refractivity contribution in [3.8, 4) is 6.07 Å². The minimum Gasteiger partial charge on any atom is -0.307 e. The Balaban J connectivity index is 2.30. The van der Waals surface area contributed by atoms with Gasteiger partial charge in [-0.25, -0.2) is 9.69 Å². The van der Waals surface area contributed by atoms with Gasteiger partial charge in [-0.05, 0) is 30.3 Å². The van der Waals surface area contributed by atoms with Crippen LogP contribution < -0.4 is 10.2 Å². The molecule has 0 atom stereocenters. The Morgan fingerprint density at radius 1 is 1.24 bits per heavy atom. The van der Waals surface area contributed by atoms with E-state index in [2.05, 4.69) is 21.2 Å². The Morgan fingerprint density at radius 2 is 1.95 bits per heavy atom. The van der Waals surface area contributed by atoms with Gasteiger partial charge >= 0.3 is 6.03 Å². The summed E-state index contributed by atoms with van der Waals surface area (Å²) in [5, 5.41) is 11.7. The molecule has 6 heteroatoms. The standard InChI is InChI=1S/C15H10BrN3O2/c16-12-6-7-14(11(8-12)9-17)19(10-20)15(21)18-13-4-2-1-3-5-13/h1-8,10H,(H,18,21). The summed E-state index contributed by atoms with van der Waals surface area (Å²) in [6, 6.07) is 14.8. The first-order chi connectivity index (χ1) is 10.2. The molecule has 0 saturated carbocycles. The van der Waals surface area contributed by atoms with E-state index in [1.807, 2.05) is 12.1 Å². The predicted molar refractivity (Wildman–Crippen MR) is 82.9 cm³/mol. The topological polar surface area (TPSA) is 73.2 Å². The quantitative estimate of drug-likeness (QED) is 0.866. The molecular weight excluding hydrogens is 334 g/mol. The molecule has 0 saturated heterocycles. The van der Waals surface area contributed by atoms with Crippen molar-refractivity contribution in [3.63, 3.8) is 0 Å². The number of nitrogens with zero attached hydrogens (tertiary/aromatic N) is 2. The third-order valence-corrected chi connectivity index (χ3v) is 3.18. The fourth-order valence-electron chi connectivity index (χ4n) is 1.73. The number of nitrogens with one attached hydrogen (secondary N) is 1. The van der Waals surface area contributed by atoms with Crippen LogP contribution >= 0.6 is 15.9 Å². The molecule has 2 aromatic rings. The normalized spacial score (nSPS) is 9.52. The van der Waals surface area contributed by atoms with E-state index in [1.165, 1.54) is 6.07 Å². The number of imide groups is 1. The molecule has 0 spiro atoms. The summed E-state index contributed by atoms with van der Waals surface area (Å²) < 4.78 is 0.692. The van der Waals surface area contributed by atoms with Gasteiger partial charge in [0.05, 0.1) is 11.3 Å². The van der Waals surface area contributed by atoms with Crippen molar-refractivity contribution in [1.29, 1.82) is 5.26 Å². The number of hydrogen-bond donors (Lipinski definition) is 1. The van der Waals surface area contributed by atoms with Crippen LogP contribution in [-0.4, -0.2) is 12.4 Å². The van der Waals surface area contributed by atoms with Gasteiger partial charge in [0.15, 0.2) is 0 Å². The summed E-state index contributed by atoms with van der Waals surface area (Å²) in [4.78, 5) is 24.3. The Hall–Kier alpha value is -2.65. The molecule has 1 N–H and O–H groups in total. The lowest BCUT2D eigenvalue weighted by atomic mass is 10.2. The Morgan fingerprint density at radius 3 is 2.57 bits per heavy atom. The monoisotopic (exact) mass is 343 g/mol. The second-order valence-electron chi connectivity index (χ2n) is 4.04. The highest BCUT2D eigenvalue weighted by atomic mass is 79.9. The fraction of sp³-hybridized carbons (Fsp3) is 0. The second kappa shape index (κ2) is 6.68. The largest absolute Gasteiger partial charge is 0.333 e. The van der Waals surface area contributed by atoms with Crippen molar-refractivity contribution in [1.82, 2.24) is 0 Å². The third-order valence-electron chi connectivity index (χ3n) is 2.69. The maximum Gasteiger partial charge on any atom is 0.333 e. The zero-order valence-electron chi connectivity index (χ0n) is 10.8. The van der Waals surface area contributed by atoms with Crippen LogP contribution in [0.15, 0.2) is 53.0 Å². The van der Waals surface area contributed by atoms with Crippen molar-refractivity contribution in [2.45, 2.75) is 0 Å². The lowest BCUT2D eigenvalue weighted by molar-refractivity contribution is -0.106. The molecule has 0 bridgehead atoms. The van der Waals surface area contributed by atoms with Crippen molar-refractivity contribution in [2.24, 2.45) is 0 Å². The van der Waals surface area contributed by atoms with Crippen LogP contribution in [0, 0.1) is 11.3 Å². The average Bonchev–Trinajstić information content (AvgIpc) is 2.50. The van der Waals surface area contributed by atoms with Crippen molar-refractivity contribution < 1.29 is 9.59 Å². The van der Waals surface area contributed by atoms with Crippen LogP contribution in [0.25, 0.3) is 0 Å². The number of benzene rings is 2. The first kappa shape index (κ1) is 14.8. The lowest BCUT2D eigenvalue weighted by Gasteiger charge is -2.17. The predicted octanol–water partition coefficient (Wildman–Crippen LogP) is 3.52. The zero-order valence-corrected chi connectivity index (χ0v) is 12.4. The maximum atomic E-state index is 12.2. The molecule has 3 amide bonds. The smallest absolute Gasteiger partial charge is 0.307 e. The number of carbonyl (C=O) groups is 2. The van der Waals surface area contributed by atoms with E-state index in [1.54, 1.807) is 36.4 Å². The van der Waals surface area contributed by atoms with Gasteiger partial charge in [-0.1, -0.05) is 34.1 Å². The minimum absolute atomic E-state index is 0.222. The van der Waals surface area contributed by atoms with E-state index in [9.17, 15) is 9.59 Å². The molecule has 0 fully saturated rings. The number of carbonyl (C=O) groups excluding carboxylic acids is 2. The van der Waals surface area contributed by atoms with Crippen LogP contribution in [0.5, 0.6) is 0 Å². The molecule has 0 aliphatic carbocycles. The molecule has 2 aromatic carbocycles. The Kier molecular flexibility index (Phi) is 4.69. The van der Waals surface area contributed by atoms with Crippen molar-refractivity contribution in [2.75, 3.05) is 10.2 Å². The van der Waals surface area contributed by atoms with Crippen LogP contribution in [0.4, 0.5) is 16.2 Å². The number of urea groups is 1. The van der Waals surface area contributed by atoms with E-state index in [-0.39, 0.29) is 11.3 Å². The molecule has 5 nitrogen and oxygen atoms in total. The number of para-hydroxylation sites is 1. The first-order valence-electron chi connectivity index (χ1n) is 5.96. The second-order valence-corrected chi connectivity index (χ2v) is 4.96. The molecule has 0 aliphatic heterocycles. The van der Waals surface area contributed by atoms with Crippen LogP contribution in [0.3, 0.4) is 0 Å². The van der Waals surface area contributed by atoms with E-state index in [0.29, 0.717) is 16.6 Å². The summed E-state index contributed by atoms with van der Waals surface area (Å²) in [5.74, 6) is 0. The van der Waals surface area contributed by atoms with E-state index in [4.69, 9.17) is 5.26 Å². The molecule has 0 aliphatic rings. The van der Waals surface area contributed by atoms with Crippen molar-refractivity contribution in [3.05, 3.63) is 58.6 Å². The SMILES string of the molecule is N#Cc1cc(Br)ccc1N(C=O)C(=O)Nc1ccccc1. The summed E-state index contributed by atoms with van der Waals surface area (Å²) in [7, 11) is 0. The van der Waals surface area contributed by atoms with Gasteiger partial charge in [0.2, 0.25) is 6.41 Å². The summed E-state index contributed by atoms with van der Waals surface area (Å²) >= 11 is 3.24. The Bertz CT molecular complexity index is 711. The molecule has 0 unspecified atom stereocenters. The molecule has 2 rings (SSSR count). The molecule has 104 valence electrons. The first-order valence-corrected chi connectivity index (χ1v) is 6.75. The van der Waals surface area contributed by atoms with Crippen molar-refractivity contribution >= 4 is 39.7 Å². The molecule has 21 heavy (non-hydrogen) atoms. The molecule has 0 heterocycles. The average molecular weight is 344 g/mol. The van der Waals surface area contributed by atoms with Gasteiger partial charge in [0, 0.05) is 10.2 Å². The molecule has 0 aromatic heterocycles. The number of amides is 3. The highest BCUT2D eigenvalue weighted by Crippen LogP contribution is 2.24. The van der Waals surface area contributed by atoms with Gasteiger partial charge in [-0.3, -0.25) is 4.79 Å². The fourth-order valence-corrected chi connectivity index (χ4v) is 2.09. The van der Waals surface area contributed by atoms with Gasteiger partial charge in [0.1, 0.15) is 6.07 Å². The maximum absolute atomic E-state index is 12.2. The summed E-state index contributed by atoms with van der Waals surface area (Å²) in [6.45, 7) is 0. The zero-order chi connectivity index (χ0) is 15.2. The third kappa shape index (κ3) is 3.46. The minimum atomic E-state index is -0.630. The Labute approximate surface area is 129 Å². The molecule has 0 radical (unpaired) electrons. The number of rotatable bonds is 3. The number of hydrogen-bond acceptors (Lipinski definition) is 3. The van der Waals surface area contributed by atoms with Crippen LogP contribution in [0.1, 0.15) is 5.56 Å². The van der Waals surface area contributed by atoms with E-state index < -0.39 is 6.03 Å².